The first-order valence-corrected chi connectivity index (χ1v) is 10.8. The van der Waals surface area contributed by atoms with E-state index in [1.54, 1.807) is 0 Å². The second-order valence-electron chi connectivity index (χ2n) is 6.98. The molecule has 0 aliphatic carbocycles. The molecule has 4 aromatic rings. The number of aromatic nitrogens is 1. The third-order valence-corrected chi connectivity index (χ3v) is 6.43. The molecule has 0 spiro atoms. The van der Waals surface area contributed by atoms with E-state index in [0.29, 0.717) is 0 Å². The summed E-state index contributed by atoms with van der Waals surface area (Å²) >= 11 is 0. The van der Waals surface area contributed by atoms with Gasteiger partial charge in [0, 0.05) is 28.4 Å². The number of carbonyl (C=O) groups is 1. The summed E-state index contributed by atoms with van der Waals surface area (Å²) in [5.74, 6) is -1.13. The number of benzene rings is 3. The van der Waals surface area contributed by atoms with E-state index >= 15 is 0 Å². The van der Waals surface area contributed by atoms with E-state index in [0.717, 1.165) is 21.8 Å². The predicted octanol–water partition coefficient (Wildman–Crippen LogP) is 2.83. The molecule has 3 N–H and O–H groups in total. The molecule has 154 valence electrons. The minimum atomic E-state index is -3.87. The molecule has 0 bridgehead atoms. The molecule has 1 unspecified atom stereocenters. The zero-order valence-corrected chi connectivity index (χ0v) is 16.7. The molecule has 0 amide bonds. The monoisotopic (exact) mass is 424 g/mol. The fourth-order valence-corrected chi connectivity index (χ4v) is 4.61. The summed E-state index contributed by atoms with van der Waals surface area (Å²) in [5, 5.41) is 21.6. The third-order valence-electron chi connectivity index (χ3n) is 4.99. The molecule has 0 radical (unpaired) electrons. The van der Waals surface area contributed by atoms with Gasteiger partial charge in [0.25, 0.3) is 0 Å². The molecule has 3 aromatic carbocycles. The summed E-state index contributed by atoms with van der Waals surface area (Å²) in [7, 11) is -3.87. The van der Waals surface area contributed by atoms with Crippen molar-refractivity contribution in [1.29, 1.82) is 0 Å². The molecule has 0 saturated heterocycles. The van der Waals surface area contributed by atoms with Gasteiger partial charge in [-0.05, 0) is 36.4 Å². The van der Waals surface area contributed by atoms with E-state index in [-0.39, 0.29) is 23.5 Å². The summed E-state index contributed by atoms with van der Waals surface area (Å²) in [6.07, 6.45) is -0.961. The summed E-state index contributed by atoms with van der Waals surface area (Å²) in [5.41, 5.74) is 1.93. The van der Waals surface area contributed by atoms with E-state index in [1.807, 2.05) is 53.1 Å². The minimum absolute atomic E-state index is 0.000323. The van der Waals surface area contributed by atoms with E-state index in [4.69, 9.17) is 5.11 Å². The molecule has 4 rings (SSSR count). The molecule has 0 fully saturated rings. The normalized spacial score (nSPS) is 13.0. The molecule has 8 heteroatoms. The van der Waals surface area contributed by atoms with Gasteiger partial charge in [0.05, 0.1) is 23.1 Å². The lowest BCUT2D eigenvalue weighted by Crippen LogP contribution is -2.34. The molecule has 1 heterocycles. The van der Waals surface area contributed by atoms with Crippen LogP contribution in [0.5, 0.6) is 0 Å². The number of hydrogen-bond donors (Lipinski definition) is 3. The maximum absolute atomic E-state index is 12.5. The summed E-state index contributed by atoms with van der Waals surface area (Å²) in [4.78, 5) is 10.9. The number of hydrogen-bond acceptors (Lipinski definition) is 4. The smallest absolute Gasteiger partial charge is 0.335 e. The van der Waals surface area contributed by atoms with Gasteiger partial charge in [-0.25, -0.2) is 17.9 Å². The number of rotatable bonds is 7. The van der Waals surface area contributed by atoms with Crippen LogP contribution in [0.2, 0.25) is 0 Å². The second kappa shape index (κ2) is 7.91. The molecule has 0 aliphatic rings. The lowest BCUT2D eigenvalue weighted by molar-refractivity contribution is 0.0696. The molecule has 0 aliphatic heterocycles. The van der Waals surface area contributed by atoms with Crippen molar-refractivity contribution in [2.75, 3.05) is 6.54 Å². The van der Waals surface area contributed by atoms with Crippen LogP contribution in [0.1, 0.15) is 10.4 Å². The number of aliphatic hydroxyl groups excluding tert-OH is 1. The Kier molecular flexibility index (Phi) is 5.29. The van der Waals surface area contributed by atoms with Gasteiger partial charge in [-0.1, -0.05) is 36.4 Å². The number of fused-ring (bicyclic) bond motifs is 3. The number of para-hydroxylation sites is 2. The highest BCUT2D eigenvalue weighted by atomic mass is 32.2. The lowest BCUT2D eigenvalue weighted by Gasteiger charge is -2.15. The highest BCUT2D eigenvalue weighted by Crippen LogP contribution is 2.28. The molecular formula is C22H20N2O5S. The average Bonchev–Trinajstić information content (AvgIpc) is 3.06. The minimum Gasteiger partial charge on any atom is -0.478 e. The van der Waals surface area contributed by atoms with E-state index in [2.05, 4.69) is 4.72 Å². The van der Waals surface area contributed by atoms with Crippen LogP contribution in [0, 0.1) is 0 Å². The first-order chi connectivity index (χ1) is 14.4. The van der Waals surface area contributed by atoms with Crippen LogP contribution in [0.25, 0.3) is 21.8 Å². The Morgan fingerprint density at radius 1 is 0.900 bits per heavy atom. The summed E-state index contributed by atoms with van der Waals surface area (Å²) in [6.45, 7) is 0.0400. The Morgan fingerprint density at radius 3 is 1.97 bits per heavy atom. The van der Waals surface area contributed by atoms with Crippen LogP contribution in [-0.2, 0) is 16.6 Å². The Bertz CT molecular complexity index is 1270. The number of aliphatic hydroxyl groups is 1. The van der Waals surface area contributed by atoms with Crippen molar-refractivity contribution in [2.45, 2.75) is 17.5 Å². The van der Waals surface area contributed by atoms with Gasteiger partial charge in [0.2, 0.25) is 10.0 Å². The van der Waals surface area contributed by atoms with Crippen LogP contribution in [-0.4, -0.2) is 41.8 Å². The van der Waals surface area contributed by atoms with Gasteiger partial charge in [-0.15, -0.1) is 0 Å². The number of carboxylic acids is 1. The first kappa shape index (κ1) is 20.1. The fourth-order valence-electron chi connectivity index (χ4n) is 3.54. The van der Waals surface area contributed by atoms with Crippen LogP contribution < -0.4 is 4.72 Å². The van der Waals surface area contributed by atoms with Crippen molar-refractivity contribution >= 4 is 37.8 Å². The second-order valence-corrected chi connectivity index (χ2v) is 8.75. The van der Waals surface area contributed by atoms with Gasteiger partial charge >= 0.3 is 5.97 Å². The Morgan fingerprint density at radius 2 is 1.43 bits per heavy atom. The van der Waals surface area contributed by atoms with Crippen molar-refractivity contribution in [3.63, 3.8) is 0 Å². The predicted molar refractivity (Wildman–Crippen MR) is 114 cm³/mol. The van der Waals surface area contributed by atoms with Crippen molar-refractivity contribution in [3.8, 4) is 0 Å². The SMILES string of the molecule is O=C(O)c1ccc(S(=O)(=O)NCC(O)Cn2c3ccccc3c3ccccc32)cc1. The van der Waals surface area contributed by atoms with Crippen LogP contribution >= 0.6 is 0 Å². The first-order valence-electron chi connectivity index (χ1n) is 9.34. The standard InChI is InChI=1S/C22H20N2O5S/c25-16(13-23-30(28,29)17-11-9-15(10-12-17)22(26)27)14-24-20-7-3-1-5-18(20)19-6-2-4-8-21(19)24/h1-12,16,23,25H,13-14H2,(H,26,27). The molecule has 30 heavy (non-hydrogen) atoms. The van der Waals surface area contributed by atoms with Crippen LogP contribution in [0.4, 0.5) is 0 Å². The lowest BCUT2D eigenvalue weighted by atomic mass is 10.2. The summed E-state index contributed by atoms with van der Waals surface area (Å²) in [6, 6.07) is 20.6. The Labute approximate surface area is 173 Å². The average molecular weight is 424 g/mol. The number of carboxylic acid groups (broad SMARTS) is 1. The Hall–Kier alpha value is -3.20. The van der Waals surface area contributed by atoms with Crippen molar-refractivity contribution in [2.24, 2.45) is 0 Å². The number of aromatic carboxylic acids is 1. The highest BCUT2D eigenvalue weighted by molar-refractivity contribution is 7.89. The topological polar surface area (TPSA) is 109 Å². The fraction of sp³-hybridized carbons (Fsp3) is 0.136. The molecule has 0 saturated carbocycles. The van der Waals surface area contributed by atoms with E-state index in [1.165, 1.54) is 24.3 Å². The maximum Gasteiger partial charge on any atom is 0.335 e. The molecule has 7 nitrogen and oxygen atoms in total. The van der Waals surface area contributed by atoms with Gasteiger partial charge < -0.3 is 14.8 Å². The third kappa shape index (κ3) is 3.80. The highest BCUT2D eigenvalue weighted by Gasteiger charge is 2.18. The molecule has 1 aromatic heterocycles. The molecular weight excluding hydrogens is 404 g/mol. The Balaban J connectivity index is 1.52. The van der Waals surface area contributed by atoms with Gasteiger partial charge in [-0.3, -0.25) is 0 Å². The van der Waals surface area contributed by atoms with Crippen molar-refractivity contribution < 1.29 is 23.4 Å². The zero-order valence-electron chi connectivity index (χ0n) is 15.9. The van der Waals surface area contributed by atoms with Gasteiger partial charge in [0.1, 0.15) is 0 Å². The number of nitrogens with one attached hydrogen (secondary N) is 1. The van der Waals surface area contributed by atoms with Gasteiger partial charge in [0.15, 0.2) is 0 Å². The van der Waals surface area contributed by atoms with E-state index < -0.39 is 22.1 Å². The molecule has 1 atom stereocenters. The van der Waals surface area contributed by atoms with Crippen molar-refractivity contribution in [1.82, 2.24) is 9.29 Å². The van der Waals surface area contributed by atoms with Gasteiger partial charge in [-0.2, -0.15) is 0 Å². The quantitative estimate of drug-likeness (QED) is 0.423. The zero-order chi connectivity index (χ0) is 21.3. The van der Waals surface area contributed by atoms with Crippen molar-refractivity contribution in [3.05, 3.63) is 78.4 Å². The van der Waals surface area contributed by atoms with Crippen LogP contribution in [0.3, 0.4) is 0 Å². The summed E-state index contributed by atoms with van der Waals surface area (Å²) < 4.78 is 29.3. The van der Waals surface area contributed by atoms with Crippen LogP contribution in [0.15, 0.2) is 77.7 Å². The number of sulfonamides is 1. The largest absolute Gasteiger partial charge is 0.478 e. The maximum atomic E-state index is 12.5. The van der Waals surface area contributed by atoms with E-state index in [9.17, 15) is 18.3 Å². The number of nitrogens with zero attached hydrogens (tertiary/aromatic N) is 1.